The van der Waals surface area contributed by atoms with E-state index in [1.807, 2.05) is 26.0 Å². The van der Waals surface area contributed by atoms with Gasteiger partial charge in [0.25, 0.3) is 0 Å². The third kappa shape index (κ3) is 4.79. The summed E-state index contributed by atoms with van der Waals surface area (Å²) in [5.74, 6) is -0.953. The fourth-order valence-corrected chi connectivity index (χ4v) is 6.63. The number of carbonyl (C=O) groups is 1. The third-order valence-corrected chi connectivity index (χ3v) is 8.63. The molecule has 0 bridgehead atoms. The van der Waals surface area contributed by atoms with Gasteiger partial charge in [-0.05, 0) is 48.9 Å². The molecule has 1 aliphatic heterocycles. The first kappa shape index (κ1) is 22.2. The highest BCUT2D eigenvalue weighted by atomic mass is 35.5. The summed E-state index contributed by atoms with van der Waals surface area (Å²) in [7, 11) is -3.86. The van der Waals surface area contributed by atoms with Crippen LogP contribution in [-0.2, 0) is 14.8 Å². The number of halogens is 1. The van der Waals surface area contributed by atoms with E-state index >= 15 is 0 Å². The first-order chi connectivity index (χ1) is 13.7. The summed E-state index contributed by atoms with van der Waals surface area (Å²) >= 11 is 7.59. The maximum atomic E-state index is 13.5. The second-order valence-corrected chi connectivity index (χ2v) is 11.0. The number of carboxylic acids is 1. The molecule has 1 N–H and O–H groups in total. The number of thioether (sulfide) groups is 1. The SMILES string of the molecule is CCS[C@@H]1C[C@@H](c2ccc(Cl)cc2)N(S(=O)(=O)c2ccc(C)cc2)C[C@H]1C(=O)O. The summed E-state index contributed by atoms with van der Waals surface area (Å²) in [6.45, 7) is 3.81. The van der Waals surface area contributed by atoms with Gasteiger partial charge in [-0.1, -0.05) is 48.4 Å². The summed E-state index contributed by atoms with van der Waals surface area (Å²) in [6, 6.07) is 13.3. The van der Waals surface area contributed by atoms with E-state index < -0.39 is 28.0 Å². The minimum Gasteiger partial charge on any atom is -0.481 e. The van der Waals surface area contributed by atoms with Crippen molar-refractivity contribution in [1.29, 1.82) is 0 Å². The molecule has 8 heteroatoms. The summed E-state index contributed by atoms with van der Waals surface area (Å²) in [4.78, 5) is 12.1. The van der Waals surface area contributed by atoms with Crippen LogP contribution in [0.4, 0.5) is 0 Å². The number of piperidine rings is 1. The predicted molar refractivity (Wildman–Crippen MR) is 117 cm³/mol. The second kappa shape index (κ2) is 9.08. The highest BCUT2D eigenvalue weighted by Crippen LogP contribution is 2.42. The summed E-state index contributed by atoms with van der Waals surface area (Å²) < 4.78 is 28.3. The Labute approximate surface area is 181 Å². The Morgan fingerprint density at radius 3 is 2.34 bits per heavy atom. The van der Waals surface area contributed by atoms with E-state index in [-0.39, 0.29) is 16.7 Å². The molecule has 156 valence electrons. The zero-order valence-corrected chi connectivity index (χ0v) is 18.7. The van der Waals surface area contributed by atoms with Gasteiger partial charge in [0.2, 0.25) is 10.0 Å². The van der Waals surface area contributed by atoms with Crippen LogP contribution in [0.15, 0.2) is 53.4 Å². The zero-order chi connectivity index (χ0) is 21.2. The smallest absolute Gasteiger partial charge is 0.308 e. The Bertz CT molecular complexity index is 961. The molecule has 1 aliphatic rings. The van der Waals surface area contributed by atoms with Crippen LogP contribution in [-0.4, -0.2) is 41.3 Å². The molecule has 0 spiro atoms. The van der Waals surface area contributed by atoms with Gasteiger partial charge in [-0.25, -0.2) is 8.42 Å². The maximum Gasteiger partial charge on any atom is 0.308 e. The molecular formula is C21H24ClNO4S2. The van der Waals surface area contributed by atoms with Gasteiger partial charge in [0.1, 0.15) is 0 Å². The molecule has 3 atom stereocenters. The van der Waals surface area contributed by atoms with Crippen LogP contribution in [0.3, 0.4) is 0 Å². The van der Waals surface area contributed by atoms with Crippen LogP contribution >= 0.6 is 23.4 Å². The lowest BCUT2D eigenvalue weighted by Crippen LogP contribution is -2.49. The average molecular weight is 454 g/mol. The third-order valence-electron chi connectivity index (χ3n) is 5.21. The molecule has 2 aromatic carbocycles. The molecule has 0 aromatic heterocycles. The van der Waals surface area contributed by atoms with Crippen LogP contribution in [0.2, 0.25) is 5.02 Å². The molecule has 0 saturated carbocycles. The Morgan fingerprint density at radius 1 is 1.17 bits per heavy atom. The standard InChI is InChI=1S/C21H24ClNO4S2/c1-3-28-20-12-19(15-6-8-16(22)9-7-15)23(13-18(20)21(24)25)29(26,27)17-10-4-14(2)5-11-17/h4-11,18-20H,3,12-13H2,1-2H3,(H,24,25)/t18-,19+,20-/m1/s1. The number of rotatable bonds is 6. The Hall–Kier alpha value is -1.54. The van der Waals surface area contributed by atoms with Gasteiger partial charge < -0.3 is 5.11 Å². The van der Waals surface area contributed by atoms with Gasteiger partial charge in [-0.3, -0.25) is 4.79 Å². The van der Waals surface area contributed by atoms with E-state index in [0.717, 1.165) is 16.9 Å². The lowest BCUT2D eigenvalue weighted by molar-refractivity contribution is -0.143. The van der Waals surface area contributed by atoms with Crippen molar-refractivity contribution in [1.82, 2.24) is 4.31 Å². The summed E-state index contributed by atoms with van der Waals surface area (Å²) in [5, 5.41) is 10.2. The van der Waals surface area contributed by atoms with Gasteiger partial charge in [0.05, 0.1) is 16.9 Å². The molecule has 0 amide bonds. The van der Waals surface area contributed by atoms with Gasteiger partial charge in [-0.2, -0.15) is 16.1 Å². The minimum atomic E-state index is -3.86. The molecule has 2 aromatic rings. The van der Waals surface area contributed by atoms with Crippen LogP contribution in [0.1, 0.15) is 30.5 Å². The van der Waals surface area contributed by atoms with Gasteiger partial charge in [0, 0.05) is 16.8 Å². The van der Waals surface area contributed by atoms with Gasteiger partial charge >= 0.3 is 5.97 Å². The van der Waals surface area contributed by atoms with Gasteiger partial charge in [0.15, 0.2) is 0 Å². The molecule has 0 aliphatic carbocycles. The topological polar surface area (TPSA) is 74.7 Å². The molecule has 1 saturated heterocycles. The Morgan fingerprint density at radius 2 is 1.79 bits per heavy atom. The number of hydrogen-bond acceptors (Lipinski definition) is 4. The number of sulfonamides is 1. The first-order valence-corrected chi connectivity index (χ1v) is 12.3. The largest absolute Gasteiger partial charge is 0.481 e. The number of carboxylic acid groups (broad SMARTS) is 1. The highest BCUT2D eigenvalue weighted by Gasteiger charge is 2.45. The monoisotopic (exact) mass is 453 g/mol. The lowest BCUT2D eigenvalue weighted by atomic mass is 9.90. The molecule has 5 nitrogen and oxygen atoms in total. The van der Waals surface area contributed by atoms with E-state index in [2.05, 4.69) is 0 Å². The summed E-state index contributed by atoms with van der Waals surface area (Å²) in [5.41, 5.74) is 1.77. The van der Waals surface area contributed by atoms with E-state index in [1.54, 1.807) is 48.2 Å². The van der Waals surface area contributed by atoms with E-state index in [9.17, 15) is 18.3 Å². The van der Waals surface area contributed by atoms with Crippen molar-refractivity contribution >= 4 is 39.4 Å². The molecular weight excluding hydrogens is 430 g/mol. The van der Waals surface area contributed by atoms with Crippen molar-refractivity contribution in [3.63, 3.8) is 0 Å². The maximum absolute atomic E-state index is 13.5. The first-order valence-electron chi connectivity index (χ1n) is 9.42. The van der Waals surface area contributed by atoms with Crippen molar-refractivity contribution in [3.8, 4) is 0 Å². The summed E-state index contributed by atoms with van der Waals surface area (Å²) in [6.07, 6.45) is 0.433. The van der Waals surface area contributed by atoms with Crippen molar-refractivity contribution in [3.05, 3.63) is 64.7 Å². The fraction of sp³-hybridized carbons (Fsp3) is 0.381. The number of nitrogens with zero attached hydrogens (tertiary/aromatic N) is 1. The van der Waals surface area contributed by atoms with Crippen molar-refractivity contribution in [2.75, 3.05) is 12.3 Å². The fourth-order valence-electron chi connectivity index (χ4n) is 3.67. The van der Waals surface area contributed by atoms with Crippen LogP contribution in [0.5, 0.6) is 0 Å². The highest BCUT2D eigenvalue weighted by molar-refractivity contribution is 7.99. The quantitative estimate of drug-likeness (QED) is 0.691. The molecule has 29 heavy (non-hydrogen) atoms. The molecule has 3 rings (SSSR count). The predicted octanol–water partition coefficient (Wildman–Crippen LogP) is 4.61. The molecule has 1 heterocycles. The van der Waals surface area contributed by atoms with Crippen molar-refractivity contribution in [2.24, 2.45) is 5.92 Å². The van der Waals surface area contributed by atoms with E-state index in [0.29, 0.717) is 11.4 Å². The number of aliphatic carboxylic acids is 1. The van der Waals surface area contributed by atoms with Crippen LogP contribution in [0, 0.1) is 12.8 Å². The van der Waals surface area contributed by atoms with Crippen molar-refractivity contribution < 1.29 is 18.3 Å². The van der Waals surface area contributed by atoms with Crippen molar-refractivity contribution in [2.45, 2.75) is 36.5 Å². The normalized spacial score (nSPS) is 23.1. The molecule has 1 fully saturated rings. The number of aryl methyl sites for hydroxylation is 1. The van der Waals surface area contributed by atoms with E-state index in [1.165, 1.54) is 4.31 Å². The zero-order valence-electron chi connectivity index (χ0n) is 16.3. The lowest BCUT2D eigenvalue weighted by Gasteiger charge is -2.41. The Kier molecular flexibility index (Phi) is 6.94. The van der Waals surface area contributed by atoms with Crippen LogP contribution < -0.4 is 0 Å². The second-order valence-electron chi connectivity index (χ2n) is 7.13. The average Bonchev–Trinajstić information content (AvgIpc) is 2.68. The van der Waals surface area contributed by atoms with Crippen LogP contribution in [0.25, 0.3) is 0 Å². The number of hydrogen-bond donors (Lipinski definition) is 1. The van der Waals surface area contributed by atoms with E-state index in [4.69, 9.17) is 11.6 Å². The number of benzene rings is 2. The Balaban J connectivity index is 2.06. The molecule has 0 radical (unpaired) electrons. The van der Waals surface area contributed by atoms with Gasteiger partial charge in [-0.15, -0.1) is 0 Å². The molecule has 0 unspecified atom stereocenters. The minimum absolute atomic E-state index is 0.0590.